The summed E-state index contributed by atoms with van der Waals surface area (Å²) in [5.74, 6) is 2.02. The van der Waals surface area contributed by atoms with E-state index < -0.39 is 0 Å². The number of likely N-dealkylation sites (tertiary alicyclic amines) is 1. The molecule has 4 rings (SSSR count). The molecule has 1 aromatic carbocycles. The second-order valence-electron chi connectivity index (χ2n) is 7.88. The Hall–Kier alpha value is -2.64. The molecule has 1 aliphatic rings. The SMILES string of the molecule is CN(C)c1ncc(CN2CC[C@H](c3cc(CCOc4ccc(Cl)cc4)[nH]n3)C2)cn1. The number of aromatic nitrogens is 4. The van der Waals surface area contributed by atoms with E-state index in [1.54, 1.807) is 0 Å². The summed E-state index contributed by atoms with van der Waals surface area (Å²) in [6.07, 6.45) is 5.75. The Morgan fingerprint density at radius 2 is 1.97 bits per heavy atom. The van der Waals surface area contributed by atoms with Crippen molar-refractivity contribution in [2.24, 2.45) is 0 Å². The molecule has 0 radical (unpaired) electrons. The average Bonchev–Trinajstić information content (AvgIpc) is 3.39. The number of ether oxygens (including phenoxy) is 1. The van der Waals surface area contributed by atoms with Gasteiger partial charge in [0, 0.05) is 68.2 Å². The lowest BCUT2D eigenvalue weighted by Gasteiger charge is -2.16. The minimum atomic E-state index is 0.453. The first-order chi connectivity index (χ1) is 14.6. The molecule has 0 amide bonds. The van der Waals surface area contributed by atoms with E-state index in [4.69, 9.17) is 16.3 Å². The second-order valence-corrected chi connectivity index (χ2v) is 8.31. The van der Waals surface area contributed by atoms with Crippen molar-refractivity contribution >= 4 is 17.5 Å². The van der Waals surface area contributed by atoms with E-state index in [2.05, 4.69) is 31.1 Å². The predicted molar refractivity (Wildman–Crippen MR) is 118 cm³/mol. The van der Waals surface area contributed by atoms with Crippen molar-refractivity contribution in [3.8, 4) is 5.75 Å². The van der Waals surface area contributed by atoms with E-state index in [-0.39, 0.29) is 0 Å². The molecule has 8 heteroatoms. The van der Waals surface area contributed by atoms with Crippen LogP contribution in [0.5, 0.6) is 5.75 Å². The number of benzene rings is 1. The molecule has 3 heterocycles. The highest BCUT2D eigenvalue weighted by atomic mass is 35.5. The van der Waals surface area contributed by atoms with Gasteiger partial charge in [0.2, 0.25) is 5.95 Å². The molecular weight excluding hydrogens is 400 g/mol. The van der Waals surface area contributed by atoms with Gasteiger partial charge in [0.05, 0.1) is 12.3 Å². The molecule has 7 nitrogen and oxygen atoms in total. The summed E-state index contributed by atoms with van der Waals surface area (Å²) in [7, 11) is 3.89. The molecule has 30 heavy (non-hydrogen) atoms. The summed E-state index contributed by atoms with van der Waals surface area (Å²) < 4.78 is 5.78. The summed E-state index contributed by atoms with van der Waals surface area (Å²) in [5.41, 5.74) is 3.38. The van der Waals surface area contributed by atoms with Crippen LogP contribution in [0.1, 0.15) is 29.3 Å². The molecule has 0 bridgehead atoms. The van der Waals surface area contributed by atoms with E-state index in [1.165, 1.54) is 0 Å². The van der Waals surface area contributed by atoms with Crippen molar-refractivity contribution in [3.63, 3.8) is 0 Å². The summed E-state index contributed by atoms with van der Waals surface area (Å²) in [6.45, 7) is 3.53. The topological polar surface area (TPSA) is 70.2 Å². The zero-order valence-corrected chi connectivity index (χ0v) is 18.1. The van der Waals surface area contributed by atoms with Gasteiger partial charge in [-0.05, 0) is 43.3 Å². The molecule has 1 atom stereocenters. The lowest BCUT2D eigenvalue weighted by Crippen LogP contribution is -2.20. The minimum Gasteiger partial charge on any atom is -0.493 e. The Bertz CT molecular complexity index is 941. The van der Waals surface area contributed by atoms with Crippen LogP contribution in [0, 0.1) is 0 Å². The zero-order chi connectivity index (χ0) is 20.9. The largest absolute Gasteiger partial charge is 0.493 e. The van der Waals surface area contributed by atoms with Gasteiger partial charge in [-0.2, -0.15) is 5.10 Å². The normalized spacial score (nSPS) is 16.7. The molecule has 158 valence electrons. The highest BCUT2D eigenvalue weighted by molar-refractivity contribution is 6.30. The van der Waals surface area contributed by atoms with Crippen LogP contribution in [0.4, 0.5) is 5.95 Å². The molecular formula is C22H27ClN6O. The van der Waals surface area contributed by atoms with Gasteiger partial charge in [-0.15, -0.1) is 0 Å². The quantitative estimate of drug-likeness (QED) is 0.594. The summed E-state index contributed by atoms with van der Waals surface area (Å²) >= 11 is 5.90. The van der Waals surface area contributed by atoms with Gasteiger partial charge in [0.25, 0.3) is 0 Å². The van der Waals surface area contributed by atoms with Crippen LogP contribution in [0.25, 0.3) is 0 Å². The van der Waals surface area contributed by atoms with Crippen LogP contribution in [0.2, 0.25) is 5.02 Å². The maximum Gasteiger partial charge on any atom is 0.224 e. The Kier molecular flexibility index (Phi) is 6.50. The van der Waals surface area contributed by atoms with E-state index in [0.717, 1.165) is 61.1 Å². The van der Waals surface area contributed by atoms with Crippen molar-refractivity contribution in [1.82, 2.24) is 25.1 Å². The van der Waals surface area contributed by atoms with Gasteiger partial charge in [-0.25, -0.2) is 9.97 Å². The maximum absolute atomic E-state index is 5.90. The zero-order valence-electron chi connectivity index (χ0n) is 17.4. The fraction of sp³-hybridized carbons (Fsp3) is 0.409. The van der Waals surface area contributed by atoms with Gasteiger partial charge in [-0.3, -0.25) is 10.00 Å². The lowest BCUT2D eigenvalue weighted by molar-refractivity contribution is 0.320. The van der Waals surface area contributed by atoms with Crippen LogP contribution in [-0.4, -0.2) is 58.9 Å². The van der Waals surface area contributed by atoms with Crippen LogP contribution in [-0.2, 0) is 13.0 Å². The van der Waals surface area contributed by atoms with Crippen molar-refractivity contribution in [2.45, 2.75) is 25.3 Å². The third-order valence-corrected chi connectivity index (χ3v) is 5.54. The average molecular weight is 427 g/mol. The number of hydrogen-bond donors (Lipinski definition) is 1. The Balaban J connectivity index is 1.25. The number of rotatable bonds is 8. The molecule has 0 unspecified atom stereocenters. The summed E-state index contributed by atoms with van der Waals surface area (Å²) in [6, 6.07) is 9.60. The highest BCUT2D eigenvalue weighted by Gasteiger charge is 2.26. The Morgan fingerprint density at radius 3 is 2.70 bits per heavy atom. The first-order valence-corrected chi connectivity index (χ1v) is 10.6. The number of halogens is 1. The van der Waals surface area contributed by atoms with E-state index in [1.807, 2.05) is 55.7 Å². The maximum atomic E-state index is 5.90. The Morgan fingerprint density at radius 1 is 1.20 bits per heavy atom. The smallest absolute Gasteiger partial charge is 0.224 e. The predicted octanol–water partition coefficient (Wildman–Crippen LogP) is 3.53. The molecule has 1 fully saturated rings. The second kappa shape index (κ2) is 9.45. The molecule has 0 saturated carbocycles. The molecule has 0 spiro atoms. The van der Waals surface area contributed by atoms with Gasteiger partial charge >= 0.3 is 0 Å². The summed E-state index contributed by atoms with van der Waals surface area (Å²) in [5, 5.41) is 8.43. The van der Waals surface area contributed by atoms with Crippen LogP contribution in [0.3, 0.4) is 0 Å². The molecule has 1 aliphatic heterocycles. The van der Waals surface area contributed by atoms with Gasteiger partial charge < -0.3 is 9.64 Å². The van der Waals surface area contributed by atoms with Crippen LogP contribution in [0.15, 0.2) is 42.7 Å². The third-order valence-electron chi connectivity index (χ3n) is 5.29. The number of nitrogens with one attached hydrogen (secondary N) is 1. The third kappa shape index (κ3) is 5.29. The fourth-order valence-electron chi connectivity index (χ4n) is 3.66. The van der Waals surface area contributed by atoms with Crippen LogP contribution >= 0.6 is 11.6 Å². The molecule has 1 N–H and O–H groups in total. The molecule has 3 aromatic rings. The number of hydrogen-bond acceptors (Lipinski definition) is 6. The van der Waals surface area contributed by atoms with E-state index in [9.17, 15) is 0 Å². The van der Waals surface area contributed by atoms with Crippen LogP contribution < -0.4 is 9.64 Å². The highest BCUT2D eigenvalue weighted by Crippen LogP contribution is 2.27. The van der Waals surface area contributed by atoms with Crippen molar-refractivity contribution in [1.29, 1.82) is 0 Å². The number of nitrogens with zero attached hydrogens (tertiary/aromatic N) is 5. The van der Waals surface area contributed by atoms with Gasteiger partial charge in [0.1, 0.15) is 5.75 Å². The molecule has 1 saturated heterocycles. The van der Waals surface area contributed by atoms with E-state index in [0.29, 0.717) is 17.5 Å². The van der Waals surface area contributed by atoms with Crippen molar-refractivity contribution < 1.29 is 4.74 Å². The lowest BCUT2D eigenvalue weighted by atomic mass is 10.0. The summed E-state index contributed by atoms with van der Waals surface area (Å²) in [4.78, 5) is 13.2. The number of anilines is 1. The standard InChI is InChI=1S/C22H27ClN6O/c1-28(2)22-24-12-16(13-25-22)14-29-9-7-17(15-29)21-11-19(26-27-21)8-10-30-20-5-3-18(23)4-6-20/h3-6,11-13,17H,7-10,14-15H2,1-2H3,(H,26,27)/t17-/m0/s1. The first kappa shape index (κ1) is 20.6. The van der Waals surface area contributed by atoms with Gasteiger partial charge in [0.15, 0.2) is 0 Å². The number of aromatic amines is 1. The Labute approximate surface area is 182 Å². The first-order valence-electron chi connectivity index (χ1n) is 10.2. The fourth-order valence-corrected chi connectivity index (χ4v) is 3.79. The van der Waals surface area contributed by atoms with Crippen molar-refractivity contribution in [2.75, 3.05) is 38.7 Å². The molecule has 0 aliphatic carbocycles. The monoisotopic (exact) mass is 426 g/mol. The van der Waals surface area contributed by atoms with Gasteiger partial charge in [-0.1, -0.05) is 11.6 Å². The van der Waals surface area contributed by atoms with E-state index >= 15 is 0 Å². The number of H-pyrrole nitrogens is 1. The minimum absolute atomic E-state index is 0.453. The molecule has 2 aromatic heterocycles. The van der Waals surface area contributed by atoms with Crippen molar-refractivity contribution in [3.05, 3.63) is 64.7 Å².